The number of carboxylic acids is 1. The fraction of sp³-hybridized carbons (Fsp3) is 0.333. The summed E-state index contributed by atoms with van der Waals surface area (Å²) in [4.78, 5) is 25.5. The number of rotatable bonds is 4. The van der Waals surface area contributed by atoms with Gasteiger partial charge in [-0.15, -0.1) is 0 Å². The molecule has 2 aromatic rings. The summed E-state index contributed by atoms with van der Waals surface area (Å²) in [5.74, 6) is -1.89. The largest absolute Gasteiger partial charge is 0.481 e. The van der Waals surface area contributed by atoms with Crippen LogP contribution in [0.15, 0.2) is 47.6 Å². The summed E-state index contributed by atoms with van der Waals surface area (Å²) in [6.45, 7) is 3.90. The summed E-state index contributed by atoms with van der Waals surface area (Å²) in [5, 5.41) is 9.19. The molecule has 1 amide bonds. The SMILES string of the molecule is Cc1ccc(S(=O)(=O)n2ccc(C(=O)N3CCC(C(=O)O)C3C)c2)cc1. The molecule has 0 saturated carbocycles. The maximum absolute atomic E-state index is 12.7. The van der Waals surface area contributed by atoms with Gasteiger partial charge in [-0.3, -0.25) is 9.59 Å². The van der Waals surface area contributed by atoms with E-state index in [9.17, 15) is 23.1 Å². The lowest BCUT2D eigenvalue weighted by Gasteiger charge is -2.22. The Hall–Kier alpha value is -2.61. The number of amides is 1. The van der Waals surface area contributed by atoms with Gasteiger partial charge in [-0.2, -0.15) is 0 Å². The lowest BCUT2D eigenvalue weighted by Crippen LogP contribution is -2.37. The third kappa shape index (κ3) is 3.12. The lowest BCUT2D eigenvalue weighted by atomic mass is 10.0. The van der Waals surface area contributed by atoms with Crippen molar-refractivity contribution < 1.29 is 23.1 Å². The minimum atomic E-state index is -3.78. The number of aryl methyl sites for hydroxylation is 1. The van der Waals surface area contributed by atoms with Crippen molar-refractivity contribution >= 4 is 21.9 Å². The van der Waals surface area contributed by atoms with Gasteiger partial charge in [-0.1, -0.05) is 17.7 Å². The van der Waals surface area contributed by atoms with E-state index < -0.39 is 28.0 Å². The van der Waals surface area contributed by atoms with Gasteiger partial charge in [0.05, 0.1) is 16.4 Å². The summed E-state index contributed by atoms with van der Waals surface area (Å²) in [5.41, 5.74) is 1.17. The highest BCUT2D eigenvalue weighted by molar-refractivity contribution is 7.90. The normalized spacial score (nSPS) is 20.3. The van der Waals surface area contributed by atoms with Crippen molar-refractivity contribution in [2.24, 2.45) is 5.92 Å². The number of carboxylic acid groups (broad SMARTS) is 1. The minimum Gasteiger partial charge on any atom is -0.481 e. The maximum atomic E-state index is 12.7. The van der Waals surface area contributed by atoms with Crippen LogP contribution in [0.1, 0.15) is 29.3 Å². The fourth-order valence-electron chi connectivity index (χ4n) is 3.21. The molecule has 3 rings (SSSR count). The van der Waals surface area contributed by atoms with Crippen molar-refractivity contribution in [2.75, 3.05) is 6.54 Å². The van der Waals surface area contributed by atoms with Crippen LogP contribution in [0.5, 0.6) is 0 Å². The Morgan fingerprint density at radius 2 is 1.81 bits per heavy atom. The van der Waals surface area contributed by atoms with Crippen LogP contribution in [0.4, 0.5) is 0 Å². The Bertz CT molecular complexity index is 946. The molecule has 0 spiro atoms. The van der Waals surface area contributed by atoms with Crippen molar-refractivity contribution in [3.8, 4) is 0 Å². The van der Waals surface area contributed by atoms with E-state index in [1.807, 2.05) is 6.92 Å². The molecular formula is C18H20N2O5S. The van der Waals surface area contributed by atoms with Gasteiger partial charge in [0, 0.05) is 25.0 Å². The summed E-state index contributed by atoms with van der Waals surface area (Å²) >= 11 is 0. The first-order valence-electron chi connectivity index (χ1n) is 8.26. The molecule has 2 heterocycles. The standard InChI is InChI=1S/C18H20N2O5S/c1-12-3-5-15(6-4-12)26(24,25)19-9-7-14(11-19)17(21)20-10-8-16(13(20)2)18(22)23/h3-7,9,11,13,16H,8,10H2,1-2H3,(H,22,23). The van der Waals surface area contributed by atoms with Gasteiger partial charge in [0.25, 0.3) is 15.9 Å². The van der Waals surface area contributed by atoms with Crippen LogP contribution in [0.3, 0.4) is 0 Å². The van der Waals surface area contributed by atoms with Gasteiger partial charge in [0.2, 0.25) is 0 Å². The van der Waals surface area contributed by atoms with Crippen LogP contribution in [-0.2, 0) is 14.8 Å². The molecule has 1 aliphatic rings. The topological polar surface area (TPSA) is 96.7 Å². The average Bonchev–Trinajstić information content (AvgIpc) is 3.22. The lowest BCUT2D eigenvalue weighted by molar-refractivity contribution is -0.142. The molecule has 1 fully saturated rings. The predicted octanol–water partition coefficient (Wildman–Crippen LogP) is 1.97. The number of aliphatic carboxylic acids is 1. The number of likely N-dealkylation sites (tertiary alicyclic amines) is 1. The molecule has 1 saturated heterocycles. The monoisotopic (exact) mass is 376 g/mol. The summed E-state index contributed by atoms with van der Waals surface area (Å²) in [6.07, 6.45) is 3.00. The second-order valence-corrected chi connectivity index (χ2v) is 8.36. The first kappa shape index (κ1) is 18.2. The van der Waals surface area contributed by atoms with E-state index in [0.717, 1.165) is 9.54 Å². The highest BCUT2D eigenvalue weighted by atomic mass is 32.2. The molecule has 1 aromatic heterocycles. The molecule has 2 atom stereocenters. The van der Waals surface area contributed by atoms with Crippen LogP contribution in [-0.4, -0.2) is 46.9 Å². The summed E-state index contributed by atoms with van der Waals surface area (Å²) in [7, 11) is -3.78. The summed E-state index contributed by atoms with van der Waals surface area (Å²) in [6, 6.07) is 7.46. The second-order valence-electron chi connectivity index (χ2n) is 6.52. The Labute approximate surface area is 151 Å². The van der Waals surface area contributed by atoms with E-state index in [1.54, 1.807) is 19.1 Å². The van der Waals surface area contributed by atoms with Gasteiger partial charge in [-0.05, 0) is 38.5 Å². The van der Waals surface area contributed by atoms with Gasteiger partial charge in [0.15, 0.2) is 0 Å². The molecule has 7 nitrogen and oxygen atoms in total. The zero-order valence-electron chi connectivity index (χ0n) is 14.5. The second kappa shape index (κ2) is 6.60. The number of aromatic nitrogens is 1. The van der Waals surface area contributed by atoms with E-state index in [1.165, 1.54) is 35.5 Å². The van der Waals surface area contributed by atoms with Crippen LogP contribution < -0.4 is 0 Å². The van der Waals surface area contributed by atoms with E-state index >= 15 is 0 Å². The predicted molar refractivity (Wildman–Crippen MR) is 94.4 cm³/mol. The smallest absolute Gasteiger partial charge is 0.308 e. The Kier molecular flexibility index (Phi) is 4.62. The van der Waals surface area contributed by atoms with E-state index in [4.69, 9.17) is 0 Å². The first-order valence-corrected chi connectivity index (χ1v) is 9.70. The van der Waals surface area contributed by atoms with Crippen LogP contribution in [0.2, 0.25) is 0 Å². The van der Waals surface area contributed by atoms with Crippen LogP contribution in [0, 0.1) is 12.8 Å². The zero-order valence-corrected chi connectivity index (χ0v) is 15.3. The minimum absolute atomic E-state index is 0.137. The molecular weight excluding hydrogens is 356 g/mol. The fourth-order valence-corrected chi connectivity index (χ4v) is 4.40. The third-order valence-electron chi connectivity index (χ3n) is 4.84. The Balaban J connectivity index is 1.85. The number of hydrogen-bond donors (Lipinski definition) is 1. The van der Waals surface area contributed by atoms with E-state index in [0.29, 0.717) is 13.0 Å². The molecule has 138 valence electrons. The van der Waals surface area contributed by atoms with Crippen molar-refractivity contribution in [3.05, 3.63) is 53.9 Å². The first-order chi connectivity index (χ1) is 12.2. The van der Waals surface area contributed by atoms with Gasteiger partial charge < -0.3 is 10.0 Å². The van der Waals surface area contributed by atoms with Crippen molar-refractivity contribution in [1.29, 1.82) is 0 Å². The molecule has 0 aliphatic carbocycles. The van der Waals surface area contributed by atoms with Crippen LogP contribution >= 0.6 is 0 Å². The quantitative estimate of drug-likeness (QED) is 0.880. The zero-order chi connectivity index (χ0) is 19.1. The Morgan fingerprint density at radius 1 is 1.15 bits per heavy atom. The third-order valence-corrected chi connectivity index (χ3v) is 6.49. The van der Waals surface area contributed by atoms with Crippen molar-refractivity contribution in [1.82, 2.24) is 8.87 Å². The number of nitrogens with zero attached hydrogens (tertiary/aromatic N) is 2. The Morgan fingerprint density at radius 3 is 2.38 bits per heavy atom. The molecule has 8 heteroatoms. The number of carbonyl (C=O) groups excluding carboxylic acids is 1. The maximum Gasteiger partial charge on any atom is 0.308 e. The summed E-state index contributed by atoms with van der Waals surface area (Å²) < 4.78 is 26.4. The van der Waals surface area contributed by atoms with Crippen molar-refractivity contribution in [3.63, 3.8) is 0 Å². The molecule has 1 N–H and O–H groups in total. The van der Waals surface area contributed by atoms with E-state index in [-0.39, 0.29) is 16.4 Å². The average molecular weight is 376 g/mol. The highest BCUT2D eigenvalue weighted by Gasteiger charge is 2.38. The van der Waals surface area contributed by atoms with Gasteiger partial charge in [-0.25, -0.2) is 12.4 Å². The van der Waals surface area contributed by atoms with Gasteiger partial charge in [0.1, 0.15) is 0 Å². The van der Waals surface area contributed by atoms with Crippen LogP contribution in [0.25, 0.3) is 0 Å². The molecule has 0 radical (unpaired) electrons. The number of benzene rings is 1. The molecule has 2 unspecified atom stereocenters. The highest BCUT2D eigenvalue weighted by Crippen LogP contribution is 2.26. The van der Waals surface area contributed by atoms with Crippen molar-refractivity contribution in [2.45, 2.75) is 31.2 Å². The van der Waals surface area contributed by atoms with E-state index in [2.05, 4.69) is 0 Å². The number of hydrogen-bond acceptors (Lipinski definition) is 4. The molecule has 1 aromatic carbocycles. The molecule has 0 bridgehead atoms. The molecule has 1 aliphatic heterocycles. The number of carbonyl (C=O) groups is 2. The van der Waals surface area contributed by atoms with Gasteiger partial charge >= 0.3 is 5.97 Å². The molecule has 26 heavy (non-hydrogen) atoms.